The Labute approximate surface area is 108 Å². The fourth-order valence-corrected chi connectivity index (χ4v) is 2.41. The third-order valence-corrected chi connectivity index (χ3v) is 3.25. The molecule has 0 heterocycles. The lowest BCUT2D eigenvalue weighted by Gasteiger charge is -2.17. The van der Waals surface area contributed by atoms with Crippen LogP contribution in [-0.4, -0.2) is 17.8 Å². The Bertz CT molecular complexity index is 291. The van der Waals surface area contributed by atoms with Crippen LogP contribution in [-0.2, 0) is 9.57 Å². The number of ether oxygens (including phenoxy) is 1. The summed E-state index contributed by atoms with van der Waals surface area (Å²) in [5.74, 6) is 0.746. The summed E-state index contributed by atoms with van der Waals surface area (Å²) < 4.78 is 5.66. The van der Waals surface area contributed by atoms with Crippen LogP contribution in [0.5, 0.6) is 0 Å². The van der Waals surface area contributed by atoms with E-state index in [1.165, 1.54) is 0 Å². The third-order valence-electron chi connectivity index (χ3n) is 3.25. The average molecular weight is 257 g/mol. The van der Waals surface area contributed by atoms with E-state index < -0.39 is 5.09 Å². The molecule has 0 unspecified atom stereocenters. The predicted octanol–water partition coefficient (Wildman–Crippen LogP) is 3.47. The Balaban J connectivity index is 2.63. The molecule has 0 aliphatic heterocycles. The second kappa shape index (κ2) is 8.08. The van der Waals surface area contributed by atoms with Crippen LogP contribution in [0.15, 0.2) is 11.8 Å². The molecule has 0 spiro atoms. The van der Waals surface area contributed by atoms with E-state index in [0.717, 1.165) is 32.1 Å². The molecule has 0 radical (unpaired) electrons. The Kier molecular flexibility index (Phi) is 6.72. The van der Waals surface area contributed by atoms with Gasteiger partial charge in [-0.1, -0.05) is 25.8 Å². The topological polar surface area (TPSA) is 61.6 Å². The lowest BCUT2D eigenvalue weighted by Crippen LogP contribution is -2.17. The highest BCUT2D eigenvalue weighted by Gasteiger charge is 2.26. The van der Waals surface area contributed by atoms with Gasteiger partial charge in [0.2, 0.25) is 0 Å². The maximum Gasteiger partial charge on any atom is 0.299 e. The van der Waals surface area contributed by atoms with Gasteiger partial charge in [-0.05, 0) is 32.6 Å². The summed E-state index contributed by atoms with van der Waals surface area (Å²) in [5.41, 5.74) is 0. The first-order valence-electron chi connectivity index (χ1n) is 6.82. The molecule has 0 aromatic rings. The van der Waals surface area contributed by atoms with E-state index in [1.807, 2.05) is 13.0 Å². The predicted molar refractivity (Wildman–Crippen MR) is 68.4 cm³/mol. The lowest BCUT2D eigenvalue weighted by atomic mass is 10.0. The van der Waals surface area contributed by atoms with Crippen LogP contribution < -0.4 is 0 Å². The molecule has 1 fully saturated rings. The van der Waals surface area contributed by atoms with Gasteiger partial charge in [0.15, 0.2) is 0 Å². The monoisotopic (exact) mass is 257 g/mol. The molecular weight excluding hydrogens is 234 g/mol. The minimum atomic E-state index is -0.716. The van der Waals surface area contributed by atoms with Gasteiger partial charge in [-0.25, -0.2) is 0 Å². The van der Waals surface area contributed by atoms with Gasteiger partial charge >= 0.3 is 0 Å². The molecule has 104 valence electrons. The Morgan fingerprint density at radius 2 is 2.22 bits per heavy atom. The smallest absolute Gasteiger partial charge is 0.299 e. The van der Waals surface area contributed by atoms with Crippen molar-refractivity contribution in [1.82, 2.24) is 0 Å². The fourth-order valence-electron chi connectivity index (χ4n) is 2.41. The summed E-state index contributed by atoms with van der Waals surface area (Å²) in [6.45, 7) is 4.72. The van der Waals surface area contributed by atoms with Gasteiger partial charge in [0.05, 0.1) is 11.9 Å². The van der Waals surface area contributed by atoms with Crippen molar-refractivity contribution in [3.63, 3.8) is 0 Å². The van der Waals surface area contributed by atoms with E-state index in [9.17, 15) is 10.1 Å². The van der Waals surface area contributed by atoms with E-state index in [2.05, 4.69) is 11.8 Å². The summed E-state index contributed by atoms with van der Waals surface area (Å²) in [4.78, 5) is 15.1. The SMILES string of the molecule is CCCC/C(=C/[C@@H]1CCC[C@H]1OCC)O[N+](=O)[O-]. The summed E-state index contributed by atoms with van der Waals surface area (Å²) in [6, 6.07) is 0. The van der Waals surface area contributed by atoms with Crippen LogP contribution in [0.4, 0.5) is 0 Å². The Morgan fingerprint density at radius 3 is 2.83 bits per heavy atom. The number of rotatable bonds is 8. The average Bonchev–Trinajstić information content (AvgIpc) is 2.73. The molecule has 2 atom stereocenters. The normalized spacial score (nSPS) is 24.2. The van der Waals surface area contributed by atoms with Crippen molar-refractivity contribution in [2.45, 2.75) is 58.5 Å². The van der Waals surface area contributed by atoms with Crippen molar-refractivity contribution in [2.75, 3.05) is 6.61 Å². The van der Waals surface area contributed by atoms with E-state index in [4.69, 9.17) is 4.74 Å². The molecule has 1 saturated carbocycles. The first-order valence-corrected chi connectivity index (χ1v) is 6.82. The van der Waals surface area contributed by atoms with E-state index in [1.54, 1.807) is 0 Å². The van der Waals surface area contributed by atoms with Crippen molar-refractivity contribution >= 4 is 0 Å². The number of hydrogen-bond donors (Lipinski definition) is 0. The van der Waals surface area contributed by atoms with Gasteiger partial charge < -0.3 is 4.74 Å². The van der Waals surface area contributed by atoms with Crippen LogP contribution in [0, 0.1) is 16.0 Å². The van der Waals surface area contributed by atoms with Crippen LogP contribution in [0.25, 0.3) is 0 Å². The van der Waals surface area contributed by atoms with E-state index >= 15 is 0 Å². The molecule has 0 bridgehead atoms. The second-order valence-corrected chi connectivity index (χ2v) is 4.64. The molecule has 18 heavy (non-hydrogen) atoms. The van der Waals surface area contributed by atoms with Gasteiger partial charge in [-0.3, -0.25) is 4.84 Å². The largest absolute Gasteiger partial charge is 0.378 e. The Morgan fingerprint density at radius 1 is 1.44 bits per heavy atom. The van der Waals surface area contributed by atoms with Gasteiger partial charge in [0.1, 0.15) is 0 Å². The number of allylic oxidation sites excluding steroid dienone is 1. The quantitative estimate of drug-likeness (QED) is 0.379. The highest BCUT2D eigenvalue weighted by atomic mass is 17.0. The first-order chi connectivity index (χ1) is 8.67. The molecule has 0 amide bonds. The van der Waals surface area contributed by atoms with Crippen LogP contribution in [0.2, 0.25) is 0 Å². The molecule has 0 aromatic heterocycles. The highest BCUT2D eigenvalue weighted by Crippen LogP contribution is 2.31. The first kappa shape index (κ1) is 15.0. The number of unbranched alkanes of at least 4 members (excludes halogenated alkanes) is 1. The fraction of sp³-hybridized carbons (Fsp3) is 0.846. The van der Waals surface area contributed by atoms with Gasteiger partial charge in [0.25, 0.3) is 5.09 Å². The van der Waals surface area contributed by atoms with Crippen LogP contribution in [0.3, 0.4) is 0 Å². The summed E-state index contributed by atoms with van der Waals surface area (Å²) in [7, 11) is 0. The lowest BCUT2D eigenvalue weighted by molar-refractivity contribution is -0.743. The molecule has 0 N–H and O–H groups in total. The van der Waals surface area contributed by atoms with Crippen molar-refractivity contribution in [3.8, 4) is 0 Å². The minimum absolute atomic E-state index is 0.196. The van der Waals surface area contributed by atoms with Gasteiger partial charge in [-0.15, -0.1) is 10.1 Å². The summed E-state index contributed by atoms with van der Waals surface area (Å²) in [6.07, 6.45) is 7.82. The zero-order chi connectivity index (χ0) is 13.4. The maximum atomic E-state index is 10.5. The highest BCUT2D eigenvalue weighted by molar-refractivity contribution is 5.01. The molecule has 5 nitrogen and oxygen atoms in total. The standard InChI is InChI=1S/C13H23NO4/c1-3-5-8-12(18-14(15)16)10-11-7-6-9-13(11)17-4-2/h10-11,13H,3-9H2,1-2H3/b12-10-/t11-,13+/m0/s1. The second-order valence-electron chi connectivity index (χ2n) is 4.64. The van der Waals surface area contributed by atoms with Crippen molar-refractivity contribution < 1.29 is 14.7 Å². The summed E-state index contributed by atoms with van der Waals surface area (Å²) in [5, 5.41) is 9.75. The van der Waals surface area contributed by atoms with E-state index in [-0.39, 0.29) is 12.0 Å². The molecule has 1 rings (SSSR count). The van der Waals surface area contributed by atoms with Crippen molar-refractivity contribution in [2.24, 2.45) is 5.92 Å². The van der Waals surface area contributed by atoms with Crippen LogP contribution >= 0.6 is 0 Å². The molecular formula is C13H23NO4. The minimum Gasteiger partial charge on any atom is -0.378 e. The zero-order valence-electron chi connectivity index (χ0n) is 11.3. The molecule has 0 aromatic carbocycles. The molecule has 1 aliphatic carbocycles. The van der Waals surface area contributed by atoms with E-state index in [0.29, 0.717) is 18.8 Å². The van der Waals surface area contributed by atoms with Crippen molar-refractivity contribution in [1.29, 1.82) is 0 Å². The molecule has 0 saturated heterocycles. The number of nitrogens with zero attached hydrogens (tertiary/aromatic N) is 1. The van der Waals surface area contributed by atoms with Gasteiger partial charge in [0, 0.05) is 12.5 Å². The zero-order valence-corrected chi connectivity index (χ0v) is 11.3. The molecule has 5 heteroatoms. The van der Waals surface area contributed by atoms with Gasteiger partial charge in [-0.2, -0.15) is 0 Å². The van der Waals surface area contributed by atoms with Crippen LogP contribution in [0.1, 0.15) is 52.4 Å². The summed E-state index contributed by atoms with van der Waals surface area (Å²) >= 11 is 0. The molecule has 1 aliphatic rings. The third kappa shape index (κ3) is 5.04. The van der Waals surface area contributed by atoms with Crippen molar-refractivity contribution in [3.05, 3.63) is 21.9 Å². The number of hydrogen-bond acceptors (Lipinski definition) is 4. The Hall–Kier alpha value is -1.10. The maximum absolute atomic E-state index is 10.5.